The van der Waals surface area contributed by atoms with Gasteiger partial charge in [-0.2, -0.15) is 0 Å². The molecule has 2 aromatic rings. The first-order valence-corrected chi connectivity index (χ1v) is 6.90. The normalized spacial score (nSPS) is 13.0. The summed E-state index contributed by atoms with van der Waals surface area (Å²) in [7, 11) is 0. The quantitative estimate of drug-likeness (QED) is 0.921. The molecule has 96 valence electrons. The summed E-state index contributed by atoms with van der Waals surface area (Å²) >= 11 is 7.18. The van der Waals surface area contributed by atoms with Gasteiger partial charge in [-0.3, -0.25) is 0 Å². The molecule has 0 aliphatic heterocycles. The monoisotopic (exact) mass is 284 g/mol. The molecule has 0 amide bonds. The number of hydrogen-bond donors (Lipinski definition) is 1. The molecule has 0 aliphatic carbocycles. The van der Waals surface area contributed by atoms with E-state index in [9.17, 15) is 4.39 Å². The summed E-state index contributed by atoms with van der Waals surface area (Å²) < 4.78 is 13.8. The highest BCUT2D eigenvalue weighted by Crippen LogP contribution is 2.28. The summed E-state index contributed by atoms with van der Waals surface area (Å²) in [5, 5.41) is 3.05. The van der Waals surface area contributed by atoms with E-state index in [4.69, 9.17) is 17.3 Å². The van der Waals surface area contributed by atoms with Crippen LogP contribution < -0.4 is 5.73 Å². The predicted molar refractivity (Wildman–Crippen MR) is 73.6 cm³/mol. The Morgan fingerprint density at radius 2 is 2.11 bits per heavy atom. The second-order valence-corrected chi connectivity index (χ2v) is 5.73. The van der Waals surface area contributed by atoms with Gasteiger partial charge >= 0.3 is 0 Å². The molecule has 1 aromatic heterocycles. The largest absolute Gasteiger partial charge is 0.318 e. The Kier molecular flexibility index (Phi) is 4.00. The average Bonchev–Trinajstić information content (AvgIpc) is 2.77. The van der Waals surface area contributed by atoms with Gasteiger partial charge in [-0.15, -0.1) is 11.3 Å². The summed E-state index contributed by atoms with van der Waals surface area (Å²) in [4.78, 5) is 4.44. The second kappa shape index (κ2) is 5.34. The van der Waals surface area contributed by atoms with Crippen LogP contribution in [0.1, 0.15) is 42.1 Å². The van der Waals surface area contributed by atoms with E-state index < -0.39 is 11.9 Å². The fourth-order valence-corrected chi connectivity index (χ4v) is 2.75. The summed E-state index contributed by atoms with van der Waals surface area (Å²) in [6.45, 7) is 4.13. The van der Waals surface area contributed by atoms with Gasteiger partial charge in [-0.25, -0.2) is 9.37 Å². The standard InChI is InChI=1S/C13H14ClFN2S/c1-7(2)11-6-18-13(17-11)12(16)9-4-3-8(14)5-10(9)15/h3-7,12H,16H2,1-2H3. The van der Waals surface area contributed by atoms with Crippen molar-refractivity contribution in [3.63, 3.8) is 0 Å². The zero-order chi connectivity index (χ0) is 13.3. The van der Waals surface area contributed by atoms with Crippen LogP contribution in [0.4, 0.5) is 4.39 Å². The molecule has 0 spiro atoms. The van der Waals surface area contributed by atoms with Crippen LogP contribution >= 0.6 is 22.9 Å². The minimum absolute atomic E-state index is 0.345. The van der Waals surface area contributed by atoms with Gasteiger partial charge < -0.3 is 5.73 Å². The first kappa shape index (κ1) is 13.5. The first-order chi connectivity index (χ1) is 8.49. The molecule has 0 saturated heterocycles. The van der Waals surface area contributed by atoms with Crippen LogP contribution in [-0.4, -0.2) is 4.98 Å². The third-order valence-electron chi connectivity index (χ3n) is 2.69. The van der Waals surface area contributed by atoms with Crippen molar-refractivity contribution >= 4 is 22.9 Å². The Labute approximate surface area is 115 Å². The molecule has 0 bridgehead atoms. The highest BCUT2D eigenvalue weighted by Gasteiger charge is 2.18. The van der Waals surface area contributed by atoms with Crippen LogP contribution in [0.25, 0.3) is 0 Å². The Balaban J connectivity index is 2.32. The van der Waals surface area contributed by atoms with Gasteiger partial charge in [-0.05, 0) is 18.1 Å². The van der Waals surface area contributed by atoms with Crippen molar-refractivity contribution in [2.45, 2.75) is 25.8 Å². The topological polar surface area (TPSA) is 38.9 Å². The third-order valence-corrected chi connectivity index (χ3v) is 3.88. The molecule has 1 unspecified atom stereocenters. The molecule has 2 rings (SSSR count). The molecule has 0 aliphatic rings. The van der Waals surface area contributed by atoms with Crippen LogP contribution in [-0.2, 0) is 0 Å². The molecular formula is C13H14ClFN2S. The molecule has 1 heterocycles. The first-order valence-electron chi connectivity index (χ1n) is 5.65. The molecule has 2 N–H and O–H groups in total. The summed E-state index contributed by atoms with van der Waals surface area (Å²) in [5.41, 5.74) is 7.45. The van der Waals surface area contributed by atoms with Gasteiger partial charge in [-0.1, -0.05) is 31.5 Å². The van der Waals surface area contributed by atoms with Crippen molar-refractivity contribution in [3.05, 3.63) is 50.7 Å². The highest BCUT2D eigenvalue weighted by atomic mass is 35.5. The number of benzene rings is 1. The lowest BCUT2D eigenvalue weighted by molar-refractivity contribution is 0.599. The van der Waals surface area contributed by atoms with Gasteiger partial charge in [0.15, 0.2) is 0 Å². The summed E-state index contributed by atoms with van der Waals surface area (Å²) in [6, 6.07) is 3.98. The molecular weight excluding hydrogens is 271 g/mol. The van der Waals surface area contributed by atoms with E-state index in [1.807, 2.05) is 5.38 Å². The molecule has 0 fully saturated rings. The van der Waals surface area contributed by atoms with E-state index in [0.29, 0.717) is 16.5 Å². The van der Waals surface area contributed by atoms with E-state index in [1.165, 1.54) is 17.4 Å². The number of hydrogen-bond acceptors (Lipinski definition) is 3. The fourth-order valence-electron chi connectivity index (χ4n) is 1.60. The fraction of sp³-hybridized carbons (Fsp3) is 0.308. The third kappa shape index (κ3) is 2.71. The smallest absolute Gasteiger partial charge is 0.129 e. The Bertz CT molecular complexity index is 554. The van der Waals surface area contributed by atoms with Crippen molar-refractivity contribution in [1.29, 1.82) is 0 Å². The van der Waals surface area contributed by atoms with Crippen LogP contribution in [0.5, 0.6) is 0 Å². The molecule has 1 aromatic carbocycles. The molecule has 5 heteroatoms. The van der Waals surface area contributed by atoms with Crippen molar-refractivity contribution < 1.29 is 4.39 Å². The van der Waals surface area contributed by atoms with Crippen molar-refractivity contribution in [2.24, 2.45) is 5.73 Å². The lowest BCUT2D eigenvalue weighted by Crippen LogP contribution is -2.13. The maximum Gasteiger partial charge on any atom is 0.129 e. The summed E-state index contributed by atoms with van der Waals surface area (Å²) in [5.74, 6) is -0.0476. The number of rotatable bonds is 3. The second-order valence-electron chi connectivity index (χ2n) is 4.41. The predicted octanol–water partition coefficient (Wildman–Crippen LogP) is 4.11. The van der Waals surface area contributed by atoms with Gasteiger partial charge in [0.25, 0.3) is 0 Å². The Morgan fingerprint density at radius 3 is 2.67 bits per heavy atom. The minimum atomic E-state index is -0.542. The number of nitrogens with two attached hydrogens (primary N) is 1. The van der Waals surface area contributed by atoms with Crippen LogP contribution in [0.3, 0.4) is 0 Å². The average molecular weight is 285 g/mol. The number of thiazole rings is 1. The molecule has 2 nitrogen and oxygen atoms in total. The van der Waals surface area contributed by atoms with Crippen LogP contribution in [0.15, 0.2) is 23.6 Å². The SMILES string of the molecule is CC(C)c1csc(C(N)c2ccc(Cl)cc2F)n1. The van der Waals surface area contributed by atoms with E-state index in [1.54, 1.807) is 12.1 Å². The molecule has 18 heavy (non-hydrogen) atoms. The highest BCUT2D eigenvalue weighted by molar-refractivity contribution is 7.09. The van der Waals surface area contributed by atoms with E-state index in [2.05, 4.69) is 18.8 Å². The van der Waals surface area contributed by atoms with Crippen molar-refractivity contribution in [1.82, 2.24) is 4.98 Å². The zero-order valence-electron chi connectivity index (χ0n) is 10.2. The van der Waals surface area contributed by atoms with Crippen molar-refractivity contribution in [2.75, 3.05) is 0 Å². The van der Waals surface area contributed by atoms with Gasteiger partial charge in [0.1, 0.15) is 10.8 Å². The Hall–Kier alpha value is -0.970. The van der Waals surface area contributed by atoms with Crippen LogP contribution in [0.2, 0.25) is 5.02 Å². The van der Waals surface area contributed by atoms with Gasteiger partial charge in [0, 0.05) is 16.0 Å². The lowest BCUT2D eigenvalue weighted by atomic mass is 10.1. The van der Waals surface area contributed by atoms with Gasteiger partial charge in [0.05, 0.1) is 11.7 Å². The Morgan fingerprint density at radius 1 is 1.39 bits per heavy atom. The maximum absolute atomic E-state index is 13.8. The van der Waals surface area contributed by atoms with Crippen molar-refractivity contribution in [3.8, 4) is 0 Å². The lowest BCUT2D eigenvalue weighted by Gasteiger charge is -2.10. The number of aromatic nitrogens is 1. The maximum atomic E-state index is 13.8. The molecule has 0 saturated carbocycles. The van der Waals surface area contributed by atoms with E-state index in [0.717, 1.165) is 10.7 Å². The number of halogens is 2. The molecule has 1 atom stereocenters. The van der Waals surface area contributed by atoms with E-state index in [-0.39, 0.29) is 0 Å². The minimum Gasteiger partial charge on any atom is -0.318 e. The summed E-state index contributed by atoms with van der Waals surface area (Å²) in [6.07, 6.45) is 0. The van der Waals surface area contributed by atoms with Gasteiger partial charge in [0.2, 0.25) is 0 Å². The number of nitrogens with zero attached hydrogens (tertiary/aromatic N) is 1. The van der Waals surface area contributed by atoms with E-state index >= 15 is 0 Å². The zero-order valence-corrected chi connectivity index (χ0v) is 11.7. The van der Waals surface area contributed by atoms with Crippen LogP contribution in [0, 0.1) is 5.82 Å². The molecule has 0 radical (unpaired) electrons.